The van der Waals surface area contributed by atoms with Crippen molar-refractivity contribution in [2.45, 2.75) is 45.3 Å². The molecule has 0 heterocycles. The van der Waals surface area contributed by atoms with Crippen LogP contribution in [0.25, 0.3) is 0 Å². The Balaban J connectivity index is 3.05. The number of carbonyl (C=O) groups excluding carboxylic acids is 1. The number of hydrogen-bond acceptors (Lipinski definition) is 1. The number of amides is 1. The Kier molecular flexibility index (Phi) is 5.39. The van der Waals surface area contributed by atoms with Gasteiger partial charge in [0.2, 0.25) is 5.91 Å². The quantitative estimate of drug-likeness (QED) is 0.869. The van der Waals surface area contributed by atoms with Crippen molar-refractivity contribution in [3.63, 3.8) is 0 Å². The summed E-state index contributed by atoms with van der Waals surface area (Å²) in [5.41, 5.74) is 1.41. The van der Waals surface area contributed by atoms with Crippen molar-refractivity contribution < 1.29 is 18.0 Å². The van der Waals surface area contributed by atoms with E-state index in [1.165, 1.54) is 6.92 Å². The lowest BCUT2D eigenvalue weighted by molar-refractivity contribution is -0.142. The van der Waals surface area contributed by atoms with E-state index in [0.717, 1.165) is 12.0 Å². The molecule has 0 bridgehead atoms. The van der Waals surface area contributed by atoms with Gasteiger partial charge in [0.25, 0.3) is 0 Å². The highest BCUT2D eigenvalue weighted by atomic mass is 19.4. The molecule has 0 aliphatic carbocycles. The molecule has 0 saturated carbocycles. The Bertz CT molecular complexity index is 429. The van der Waals surface area contributed by atoms with E-state index in [1.54, 1.807) is 18.2 Å². The van der Waals surface area contributed by atoms with E-state index in [2.05, 4.69) is 5.32 Å². The zero-order chi connectivity index (χ0) is 14.5. The summed E-state index contributed by atoms with van der Waals surface area (Å²) >= 11 is 0. The average Bonchev–Trinajstić information content (AvgIpc) is 2.27. The van der Waals surface area contributed by atoms with Gasteiger partial charge >= 0.3 is 6.18 Å². The van der Waals surface area contributed by atoms with E-state index in [9.17, 15) is 18.0 Å². The van der Waals surface area contributed by atoms with Gasteiger partial charge in [0.15, 0.2) is 0 Å². The first kappa shape index (κ1) is 15.5. The number of aryl methyl sites for hydroxylation is 1. The SMILES string of the molecule is CCCc1ccccc1C(CC(F)(F)F)NC(C)=O. The van der Waals surface area contributed by atoms with E-state index in [4.69, 9.17) is 0 Å². The van der Waals surface area contributed by atoms with Gasteiger partial charge in [-0.3, -0.25) is 4.79 Å². The van der Waals surface area contributed by atoms with Crippen LogP contribution >= 0.6 is 0 Å². The molecule has 0 radical (unpaired) electrons. The molecule has 106 valence electrons. The fraction of sp³-hybridized carbons (Fsp3) is 0.500. The zero-order valence-electron chi connectivity index (χ0n) is 11.1. The standard InChI is InChI=1S/C14H18F3NO/c1-3-6-11-7-4-5-8-12(11)13(18-10(2)19)9-14(15,16)17/h4-5,7-8,13H,3,6,9H2,1-2H3,(H,18,19). The third kappa shape index (κ3) is 5.32. The van der Waals surface area contributed by atoms with E-state index in [0.29, 0.717) is 12.0 Å². The van der Waals surface area contributed by atoms with Crippen molar-refractivity contribution in [2.24, 2.45) is 0 Å². The normalized spacial score (nSPS) is 13.1. The summed E-state index contributed by atoms with van der Waals surface area (Å²) in [5.74, 6) is -0.458. The molecule has 5 heteroatoms. The van der Waals surface area contributed by atoms with Gasteiger partial charge in [0.1, 0.15) is 0 Å². The molecule has 0 aliphatic heterocycles. The van der Waals surface area contributed by atoms with Gasteiger partial charge in [-0.05, 0) is 17.5 Å². The number of alkyl halides is 3. The minimum Gasteiger partial charge on any atom is -0.349 e. The van der Waals surface area contributed by atoms with Crippen molar-refractivity contribution in [3.8, 4) is 0 Å². The van der Waals surface area contributed by atoms with Gasteiger partial charge in [-0.1, -0.05) is 37.6 Å². The second-order valence-corrected chi connectivity index (χ2v) is 4.52. The summed E-state index contributed by atoms with van der Waals surface area (Å²) in [5, 5.41) is 2.39. The van der Waals surface area contributed by atoms with Gasteiger partial charge in [0, 0.05) is 6.92 Å². The molecular weight excluding hydrogens is 255 g/mol. The highest BCUT2D eigenvalue weighted by Crippen LogP contribution is 2.31. The topological polar surface area (TPSA) is 29.1 Å². The van der Waals surface area contributed by atoms with Crippen LogP contribution in [-0.4, -0.2) is 12.1 Å². The number of hydrogen-bond donors (Lipinski definition) is 1. The largest absolute Gasteiger partial charge is 0.391 e. The summed E-state index contributed by atoms with van der Waals surface area (Å²) in [4.78, 5) is 11.1. The molecule has 1 atom stereocenters. The molecule has 19 heavy (non-hydrogen) atoms. The summed E-state index contributed by atoms with van der Waals surface area (Å²) in [6, 6.07) is 5.94. The first-order valence-corrected chi connectivity index (χ1v) is 6.25. The molecule has 1 amide bonds. The summed E-state index contributed by atoms with van der Waals surface area (Å²) in [6.45, 7) is 3.19. The molecule has 1 unspecified atom stereocenters. The van der Waals surface area contributed by atoms with Crippen LogP contribution in [0.4, 0.5) is 13.2 Å². The average molecular weight is 273 g/mol. The van der Waals surface area contributed by atoms with Gasteiger partial charge in [-0.2, -0.15) is 13.2 Å². The van der Waals surface area contributed by atoms with Crippen LogP contribution in [0.5, 0.6) is 0 Å². The molecule has 0 fully saturated rings. The van der Waals surface area contributed by atoms with E-state index >= 15 is 0 Å². The van der Waals surface area contributed by atoms with Crippen molar-refractivity contribution >= 4 is 5.91 Å². The predicted octanol–water partition coefficient (Wildman–Crippen LogP) is 3.77. The van der Waals surface area contributed by atoms with Gasteiger partial charge in [-0.25, -0.2) is 0 Å². The number of carbonyl (C=O) groups is 1. The van der Waals surface area contributed by atoms with Crippen molar-refractivity contribution in [2.75, 3.05) is 0 Å². The fourth-order valence-electron chi connectivity index (χ4n) is 2.09. The summed E-state index contributed by atoms with van der Waals surface area (Å²) < 4.78 is 37.8. The van der Waals surface area contributed by atoms with Crippen LogP contribution in [0.2, 0.25) is 0 Å². The lowest BCUT2D eigenvalue weighted by Gasteiger charge is -2.22. The maximum Gasteiger partial charge on any atom is 0.391 e. The van der Waals surface area contributed by atoms with Crippen LogP contribution < -0.4 is 5.32 Å². The summed E-state index contributed by atoms with van der Waals surface area (Å²) in [6.07, 6.45) is -3.82. The lowest BCUT2D eigenvalue weighted by Crippen LogP contribution is -2.30. The Morgan fingerprint density at radius 1 is 1.32 bits per heavy atom. The summed E-state index contributed by atoms with van der Waals surface area (Å²) in [7, 11) is 0. The number of halogens is 3. The van der Waals surface area contributed by atoms with E-state index in [1.807, 2.05) is 13.0 Å². The molecular formula is C14H18F3NO. The maximum absolute atomic E-state index is 12.6. The number of rotatable bonds is 5. The smallest absolute Gasteiger partial charge is 0.349 e. The van der Waals surface area contributed by atoms with Gasteiger partial charge < -0.3 is 5.32 Å². The van der Waals surface area contributed by atoms with Crippen molar-refractivity contribution in [3.05, 3.63) is 35.4 Å². The van der Waals surface area contributed by atoms with Gasteiger partial charge in [-0.15, -0.1) is 0 Å². The van der Waals surface area contributed by atoms with Crippen LogP contribution in [0.3, 0.4) is 0 Å². The molecule has 2 nitrogen and oxygen atoms in total. The van der Waals surface area contributed by atoms with Crippen molar-refractivity contribution in [1.29, 1.82) is 0 Å². The molecule has 0 aliphatic rings. The second kappa shape index (κ2) is 6.59. The minimum absolute atomic E-state index is 0.458. The molecule has 1 N–H and O–H groups in total. The monoisotopic (exact) mass is 273 g/mol. The van der Waals surface area contributed by atoms with Crippen LogP contribution in [0.1, 0.15) is 43.9 Å². The van der Waals surface area contributed by atoms with Crippen LogP contribution in [0, 0.1) is 0 Å². The molecule has 1 aromatic rings. The minimum atomic E-state index is -4.31. The molecule has 1 rings (SSSR count). The Hall–Kier alpha value is -1.52. The number of benzene rings is 1. The molecule has 0 spiro atoms. The van der Waals surface area contributed by atoms with E-state index in [-0.39, 0.29) is 0 Å². The molecule has 1 aromatic carbocycles. The Labute approximate surface area is 111 Å². The second-order valence-electron chi connectivity index (χ2n) is 4.52. The van der Waals surface area contributed by atoms with Gasteiger partial charge in [0.05, 0.1) is 12.5 Å². The zero-order valence-corrected chi connectivity index (χ0v) is 11.1. The third-order valence-corrected chi connectivity index (χ3v) is 2.76. The lowest BCUT2D eigenvalue weighted by atomic mass is 9.95. The predicted molar refractivity (Wildman–Crippen MR) is 67.7 cm³/mol. The molecule has 0 saturated heterocycles. The van der Waals surface area contributed by atoms with Crippen LogP contribution in [0.15, 0.2) is 24.3 Å². The first-order valence-electron chi connectivity index (χ1n) is 6.25. The first-order chi connectivity index (χ1) is 8.83. The third-order valence-electron chi connectivity index (χ3n) is 2.76. The van der Waals surface area contributed by atoms with Crippen LogP contribution in [-0.2, 0) is 11.2 Å². The highest BCUT2D eigenvalue weighted by molar-refractivity contribution is 5.73. The maximum atomic E-state index is 12.6. The Morgan fingerprint density at radius 3 is 2.47 bits per heavy atom. The fourth-order valence-corrected chi connectivity index (χ4v) is 2.09. The van der Waals surface area contributed by atoms with Crippen molar-refractivity contribution in [1.82, 2.24) is 5.32 Å². The number of nitrogens with one attached hydrogen (secondary N) is 1. The van der Waals surface area contributed by atoms with E-state index < -0.39 is 24.5 Å². The Morgan fingerprint density at radius 2 is 1.95 bits per heavy atom. The highest BCUT2D eigenvalue weighted by Gasteiger charge is 2.33. The molecule has 0 aromatic heterocycles.